The Labute approximate surface area is 194 Å². The molecule has 5 rings (SSSR count). The monoisotopic (exact) mass is 447 g/mol. The second-order valence-corrected chi connectivity index (χ2v) is 10.2. The molecule has 6 heteroatoms. The van der Waals surface area contributed by atoms with Crippen LogP contribution in [0.1, 0.15) is 81.7 Å². The van der Waals surface area contributed by atoms with Gasteiger partial charge in [-0.3, -0.25) is 9.69 Å². The molecule has 1 saturated heterocycles. The number of rotatable bonds is 5. The molecule has 2 unspecified atom stereocenters. The van der Waals surface area contributed by atoms with Crippen LogP contribution in [0.25, 0.3) is 11.0 Å². The average Bonchev–Trinajstić information content (AvgIpc) is 2.79. The van der Waals surface area contributed by atoms with E-state index >= 15 is 0 Å². The lowest BCUT2D eigenvalue weighted by Crippen LogP contribution is -2.54. The third-order valence-corrected chi connectivity index (χ3v) is 7.99. The maximum absolute atomic E-state index is 13.2. The largest absolute Gasteiger partial charge is 0.476 e. The zero-order valence-electron chi connectivity index (χ0n) is 19.5. The van der Waals surface area contributed by atoms with Crippen molar-refractivity contribution in [2.24, 2.45) is 5.92 Å². The predicted molar refractivity (Wildman–Crippen MR) is 129 cm³/mol. The van der Waals surface area contributed by atoms with Crippen LogP contribution in [0, 0.1) is 5.92 Å². The number of aromatic carboxylic acids is 1. The molecule has 2 bridgehead atoms. The minimum atomic E-state index is -1.27. The summed E-state index contributed by atoms with van der Waals surface area (Å²) >= 11 is 0. The van der Waals surface area contributed by atoms with Crippen molar-refractivity contribution in [2.45, 2.75) is 89.4 Å². The van der Waals surface area contributed by atoms with Crippen molar-refractivity contribution in [2.75, 3.05) is 0 Å². The predicted octanol–water partition coefficient (Wildman–Crippen LogP) is 4.94. The second-order valence-electron chi connectivity index (χ2n) is 10.2. The average molecular weight is 448 g/mol. The third kappa shape index (κ3) is 4.07. The summed E-state index contributed by atoms with van der Waals surface area (Å²) < 4.78 is 1.67. The Morgan fingerprint density at radius 1 is 1.24 bits per heavy atom. The van der Waals surface area contributed by atoms with Crippen LogP contribution in [0.15, 0.2) is 46.4 Å². The van der Waals surface area contributed by atoms with Crippen LogP contribution < -0.4 is 5.56 Å². The number of carboxylic acids is 1. The van der Waals surface area contributed by atoms with E-state index in [2.05, 4.69) is 28.6 Å². The van der Waals surface area contributed by atoms with Gasteiger partial charge in [0.2, 0.25) is 5.69 Å². The Morgan fingerprint density at radius 3 is 2.88 bits per heavy atom. The topological polar surface area (TPSA) is 75.4 Å². The lowest BCUT2D eigenvalue weighted by atomic mass is 9.76. The number of hydrogen-bond acceptors (Lipinski definition) is 4. The number of piperidine rings is 1. The highest BCUT2D eigenvalue weighted by atomic mass is 16.4. The molecule has 3 aliphatic rings. The van der Waals surface area contributed by atoms with Crippen molar-refractivity contribution >= 4 is 17.0 Å². The Bertz CT molecular complexity index is 1190. The molecule has 2 aromatic rings. The Morgan fingerprint density at radius 2 is 2.06 bits per heavy atom. The van der Waals surface area contributed by atoms with Gasteiger partial charge in [-0.2, -0.15) is 0 Å². The Kier molecular flexibility index (Phi) is 5.98. The number of aromatic nitrogens is 2. The van der Waals surface area contributed by atoms with Crippen LogP contribution in [0.3, 0.4) is 0 Å². The maximum Gasteiger partial charge on any atom is 0.360 e. The van der Waals surface area contributed by atoms with E-state index in [1.54, 1.807) is 10.6 Å². The first-order valence-corrected chi connectivity index (χ1v) is 12.4. The Balaban J connectivity index is 1.50. The van der Waals surface area contributed by atoms with E-state index in [0.717, 1.165) is 12.8 Å². The van der Waals surface area contributed by atoms with E-state index in [1.165, 1.54) is 44.1 Å². The molecular weight excluding hydrogens is 414 g/mol. The normalized spacial score (nSPS) is 28.5. The van der Waals surface area contributed by atoms with Crippen molar-refractivity contribution in [3.8, 4) is 0 Å². The van der Waals surface area contributed by atoms with Crippen molar-refractivity contribution in [1.29, 1.82) is 0 Å². The summed E-state index contributed by atoms with van der Waals surface area (Å²) in [5.41, 5.74) is 5.42. The fourth-order valence-corrected chi connectivity index (χ4v) is 6.50. The van der Waals surface area contributed by atoms with Crippen LogP contribution >= 0.6 is 0 Å². The van der Waals surface area contributed by atoms with Gasteiger partial charge in [0.1, 0.15) is 0 Å². The van der Waals surface area contributed by atoms with Gasteiger partial charge in [-0.05, 0) is 88.5 Å². The summed E-state index contributed by atoms with van der Waals surface area (Å²) in [4.78, 5) is 31.8. The van der Waals surface area contributed by atoms with Crippen LogP contribution in [-0.4, -0.2) is 43.7 Å². The van der Waals surface area contributed by atoms with E-state index in [1.807, 2.05) is 25.1 Å². The molecule has 1 aromatic carbocycles. The number of fused-ring (bicyclic) bond motifs is 3. The number of carboxylic acid groups (broad SMARTS) is 1. The summed E-state index contributed by atoms with van der Waals surface area (Å²) in [7, 11) is 0. The molecule has 2 fully saturated rings. The van der Waals surface area contributed by atoms with Crippen molar-refractivity contribution < 1.29 is 9.90 Å². The number of hydrogen-bond donors (Lipinski definition) is 1. The van der Waals surface area contributed by atoms with Crippen LogP contribution in [0.2, 0.25) is 0 Å². The van der Waals surface area contributed by atoms with Crippen molar-refractivity contribution in [3.05, 3.63) is 57.7 Å². The van der Waals surface area contributed by atoms with Gasteiger partial charge in [0.25, 0.3) is 5.56 Å². The first kappa shape index (κ1) is 22.1. The number of carbonyl (C=O) groups is 1. The molecule has 0 amide bonds. The standard InChI is InChI=1S/C27H33N3O3/c1-17-7-5-10-21(29(17)23-14-13-19-8-6-9-20(23)16-19)15-18(2)30-24-12-4-3-11-22(24)28-25(26(30)31)27(32)33/h3-4,11-12,14,17-18,20-21,23H,5-10,15-16H2,1-2H3,(H,32,33)/t17-,18-,20?,21-,23?/m0/s1. The quantitative estimate of drug-likeness (QED) is 0.657. The van der Waals surface area contributed by atoms with Gasteiger partial charge in [0, 0.05) is 24.2 Å². The number of benzene rings is 1. The minimum Gasteiger partial charge on any atom is -0.476 e. The molecule has 0 spiro atoms. The fourth-order valence-electron chi connectivity index (χ4n) is 6.50. The molecule has 1 aromatic heterocycles. The summed E-state index contributed by atoms with van der Waals surface area (Å²) in [6, 6.07) is 8.46. The van der Waals surface area contributed by atoms with Crippen molar-refractivity contribution in [3.63, 3.8) is 0 Å². The highest BCUT2D eigenvalue weighted by Crippen LogP contribution is 2.40. The molecule has 2 aliphatic carbocycles. The SMILES string of the molecule is C[C@H]1CCC[C@@H](C[C@H](C)n2c(=O)c(C(=O)O)nc3ccccc32)N1C1C=C=C2CCCC1C2. The van der Waals surface area contributed by atoms with Crippen LogP contribution in [-0.2, 0) is 0 Å². The summed E-state index contributed by atoms with van der Waals surface area (Å²) in [6.07, 6.45) is 11.5. The van der Waals surface area contributed by atoms with E-state index in [0.29, 0.717) is 35.1 Å². The fraction of sp³-hybridized carbons (Fsp3) is 0.556. The first-order chi connectivity index (χ1) is 15.9. The van der Waals surface area contributed by atoms with E-state index in [-0.39, 0.29) is 6.04 Å². The van der Waals surface area contributed by atoms with Gasteiger partial charge in [-0.15, -0.1) is 5.73 Å². The zero-order valence-corrected chi connectivity index (χ0v) is 19.5. The van der Waals surface area contributed by atoms with Crippen LogP contribution in [0.5, 0.6) is 0 Å². The minimum absolute atomic E-state index is 0.133. The van der Waals surface area contributed by atoms with Gasteiger partial charge < -0.3 is 9.67 Å². The Hall–Kier alpha value is -2.69. The molecule has 174 valence electrons. The van der Waals surface area contributed by atoms with E-state index in [9.17, 15) is 14.7 Å². The van der Waals surface area contributed by atoms with Gasteiger partial charge in [0.15, 0.2) is 0 Å². The molecule has 6 nitrogen and oxygen atoms in total. The van der Waals surface area contributed by atoms with Gasteiger partial charge >= 0.3 is 5.97 Å². The van der Waals surface area contributed by atoms with Crippen molar-refractivity contribution in [1.82, 2.24) is 14.5 Å². The highest BCUT2D eigenvalue weighted by Gasteiger charge is 2.39. The third-order valence-electron chi connectivity index (χ3n) is 7.99. The summed E-state index contributed by atoms with van der Waals surface area (Å²) in [5, 5.41) is 9.59. The molecule has 1 N–H and O–H groups in total. The van der Waals surface area contributed by atoms with Gasteiger partial charge in [-0.25, -0.2) is 9.78 Å². The maximum atomic E-state index is 13.2. The number of likely N-dealkylation sites (tertiary alicyclic amines) is 1. The molecule has 0 radical (unpaired) electrons. The van der Waals surface area contributed by atoms with E-state index in [4.69, 9.17) is 0 Å². The molecule has 1 aliphatic heterocycles. The van der Waals surface area contributed by atoms with Gasteiger partial charge in [-0.1, -0.05) is 18.6 Å². The van der Waals surface area contributed by atoms with Gasteiger partial charge in [0.05, 0.1) is 11.0 Å². The van der Waals surface area contributed by atoms with Crippen LogP contribution in [0.4, 0.5) is 0 Å². The van der Waals surface area contributed by atoms with E-state index < -0.39 is 17.2 Å². The molecule has 33 heavy (non-hydrogen) atoms. The first-order valence-electron chi connectivity index (χ1n) is 12.4. The molecule has 2 heterocycles. The lowest BCUT2D eigenvalue weighted by molar-refractivity contribution is 0.0242. The lowest BCUT2D eigenvalue weighted by Gasteiger charge is -2.49. The molecule has 5 atom stereocenters. The highest BCUT2D eigenvalue weighted by molar-refractivity contribution is 5.88. The number of nitrogens with zero attached hydrogens (tertiary/aromatic N) is 3. The molecule has 1 saturated carbocycles. The second kappa shape index (κ2) is 8.92. The smallest absolute Gasteiger partial charge is 0.360 e. The summed E-state index contributed by atoms with van der Waals surface area (Å²) in [5.74, 6) is -0.608. The molecular formula is C27H33N3O3. The zero-order chi connectivity index (χ0) is 23.1. The number of para-hydroxylation sites is 2. The summed E-state index contributed by atoms with van der Waals surface area (Å²) in [6.45, 7) is 4.38.